The fraction of sp³-hybridized carbons (Fsp3) is 0.818. The molecule has 0 radical (unpaired) electrons. The van der Waals surface area contributed by atoms with Gasteiger partial charge in [0.05, 0.1) is 5.60 Å². The second-order valence-corrected chi connectivity index (χ2v) is 4.43. The summed E-state index contributed by atoms with van der Waals surface area (Å²) in [6, 6.07) is 0. The van der Waals surface area contributed by atoms with Crippen molar-refractivity contribution in [3.8, 4) is 0 Å². The van der Waals surface area contributed by atoms with Crippen LogP contribution in [0.15, 0.2) is 12.7 Å². The first-order chi connectivity index (χ1) is 6.18. The van der Waals surface area contributed by atoms with Gasteiger partial charge in [0.25, 0.3) is 0 Å². The average molecular weight is 182 g/mol. The second-order valence-electron chi connectivity index (χ2n) is 4.43. The molecule has 0 aromatic heterocycles. The van der Waals surface area contributed by atoms with Gasteiger partial charge in [-0.05, 0) is 32.1 Å². The number of hydrogen-bond donors (Lipinski definition) is 1. The Hall–Kier alpha value is -0.340. The van der Waals surface area contributed by atoms with Crippen LogP contribution < -0.4 is 0 Å². The van der Waals surface area contributed by atoms with Gasteiger partial charge in [0.1, 0.15) is 0 Å². The zero-order valence-corrected chi connectivity index (χ0v) is 8.09. The Morgan fingerprint density at radius 2 is 1.85 bits per heavy atom. The van der Waals surface area contributed by atoms with E-state index in [4.69, 9.17) is 4.74 Å². The quantitative estimate of drug-likeness (QED) is 0.664. The van der Waals surface area contributed by atoms with Gasteiger partial charge in [-0.15, -0.1) is 6.58 Å². The van der Waals surface area contributed by atoms with E-state index in [0.717, 1.165) is 44.9 Å². The van der Waals surface area contributed by atoms with E-state index in [0.29, 0.717) is 0 Å². The highest BCUT2D eigenvalue weighted by molar-refractivity contribution is 4.96. The van der Waals surface area contributed by atoms with Gasteiger partial charge in [-0.1, -0.05) is 6.08 Å². The molecule has 0 amide bonds. The van der Waals surface area contributed by atoms with Crippen LogP contribution >= 0.6 is 0 Å². The third-order valence-electron chi connectivity index (χ3n) is 3.32. The Morgan fingerprint density at radius 3 is 2.38 bits per heavy atom. The Bertz CT molecular complexity index is 200. The first-order valence-electron chi connectivity index (χ1n) is 5.22. The predicted molar refractivity (Wildman–Crippen MR) is 51.3 cm³/mol. The molecule has 2 nitrogen and oxygen atoms in total. The third-order valence-corrected chi connectivity index (χ3v) is 3.32. The van der Waals surface area contributed by atoms with E-state index < -0.39 is 5.79 Å². The van der Waals surface area contributed by atoms with Gasteiger partial charge in [-0.25, -0.2) is 0 Å². The minimum atomic E-state index is -0.806. The van der Waals surface area contributed by atoms with Crippen LogP contribution in [0.5, 0.6) is 0 Å². The number of fused-ring (bicyclic) bond motifs is 2. The largest absolute Gasteiger partial charge is 0.365 e. The summed E-state index contributed by atoms with van der Waals surface area (Å²) in [5, 5.41) is 10.0. The summed E-state index contributed by atoms with van der Waals surface area (Å²) in [5.74, 6) is -0.806. The summed E-state index contributed by atoms with van der Waals surface area (Å²) in [6.07, 6.45) is 8.77. The topological polar surface area (TPSA) is 29.5 Å². The molecule has 0 atom stereocenters. The summed E-state index contributed by atoms with van der Waals surface area (Å²) in [4.78, 5) is 0. The van der Waals surface area contributed by atoms with Crippen molar-refractivity contribution in [2.45, 2.75) is 56.3 Å². The normalized spacial score (nSPS) is 44.4. The van der Waals surface area contributed by atoms with E-state index in [9.17, 15) is 5.11 Å². The molecule has 13 heavy (non-hydrogen) atoms. The molecule has 1 N–H and O–H groups in total. The summed E-state index contributed by atoms with van der Waals surface area (Å²) in [6.45, 7) is 3.76. The van der Waals surface area contributed by atoms with Crippen molar-refractivity contribution >= 4 is 0 Å². The van der Waals surface area contributed by atoms with E-state index in [-0.39, 0.29) is 5.60 Å². The van der Waals surface area contributed by atoms with Crippen molar-refractivity contribution in [2.75, 3.05) is 0 Å². The monoisotopic (exact) mass is 182 g/mol. The van der Waals surface area contributed by atoms with Crippen LogP contribution in [-0.2, 0) is 4.74 Å². The van der Waals surface area contributed by atoms with Gasteiger partial charge in [-0.3, -0.25) is 0 Å². The van der Waals surface area contributed by atoms with Gasteiger partial charge < -0.3 is 9.84 Å². The minimum absolute atomic E-state index is 0.0764. The zero-order chi connectivity index (χ0) is 9.36. The fourth-order valence-corrected chi connectivity index (χ4v) is 2.74. The van der Waals surface area contributed by atoms with Crippen molar-refractivity contribution in [3.05, 3.63) is 12.7 Å². The predicted octanol–water partition coefficient (Wildman–Crippen LogP) is 2.37. The lowest BCUT2D eigenvalue weighted by atomic mass is 9.78. The van der Waals surface area contributed by atoms with Crippen LogP contribution in [0.2, 0.25) is 0 Å². The Labute approximate surface area is 79.6 Å². The lowest BCUT2D eigenvalue weighted by molar-refractivity contribution is -0.314. The fourth-order valence-electron chi connectivity index (χ4n) is 2.74. The Morgan fingerprint density at radius 1 is 1.23 bits per heavy atom. The summed E-state index contributed by atoms with van der Waals surface area (Å²) in [5.41, 5.74) is -0.0764. The van der Waals surface area contributed by atoms with Gasteiger partial charge in [0.15, 0.2) is 5.79 Å². The van der Waals surface area contributed by atoms with Gasteiger partial charge in [-0.2, -0.15) is 0 Å². The number of aliphatic hydroxyl groups is 1. The maximum atomic E-state index is 10.0. The molecule has 0 aromatic rings. The van der Waals surface area contributed by atoms with Crippen LogP contribution in [0.25, 0.3) is 0 Å². The van der Waals surface area contributed by atoms with Gasteiger partial charge in [0, 0.05) is 12.8 Å². The maximum Gasteiger partial charge on any atom is 0.166 e. The zero-order valence-electron chi connectivity index (χ0n) is 8.09. The molecule has 0 spiro atoms. The van der Waals surface area contributed by atoms with Crippen molar-refractivity contribution in [1.29, 1.82) is 0 Å². The molecular formula is C11H18O2. The maximum absolute atomic E-state index is 10.0. The highest BCUT2D eigenvalue weighted by Crippen LogP contribution is 2.46. The molecule has 0 aromatic carbocycles. The summed E-state index contributed by atoms with van der Waals surface area (Å²) in [7, 11) is 0. The van der Waals surface area contributed by atoms with E-state index in [1.54, 1.807) is 0 Å². The van der Waals surface area contributed by atoms with E-state index >= 15 is 0 Å². The molecule has 0 unspecified atom stereocenters. The van der Waals surface area contributed by atoms with E-state index in [1.165, 1.54) is 0 Å². The number of ether oxygens (including phenoxy) is 1. The summed E-state index contributed by atoms with van der Waals surface area (Å²) < 4.78 is 5.82. The molecule has 2 aliphatic rings. The number of rotatable bonds is 2. The lowest BCUT2D eigenvalue weighted by Gasteiger charge is -2.49. The smallest absolute Gasteiger partial charge is 0.166 e. The molecule has 2 bridgehead atoms. The molecular weight excluding hydrogens is 164 g/mol. The lowest BCUT2D eigenvalue weighted by Crippen LogP contribution is -2.51. The molecule has 0 saturated carbocycles. The highest BCUT2D eigenvalue weighted by atomic mass is 16.6. The van der Waals surface area contributed by atoms with E-state index in [1.807, 2.05) is 6.08 Å². The first kappa shape index (κ1) is 9.22. The minimum Gasteiger partial charge on any atom is -0.365 e. The third kappa shape index (κ3) is 1.65. The molecule has 2 heteroatoms. The SMILES string of the molecule is C=CCC12CCCC(O)(CCC1)O2. The van der Waals surface area contributed by atoms with Gasteiger partial charge in [0.2, 0.25) is 0 Å². The number of hydrogen-bond acceptors (Lipinski definition) is 2. The van der Waals surface area contributed by atoms with Crippen molar-refractivity contribution in [1.82, 2.24) is 0 Å². The Kier molecular flexibility index (Phi) is 2.20. The molecule has 74 valence electrons. The van der Waals surface area contributed by atoms with Crippen molar-refractivity contribution < 1.29 is 9.84 Å². The molecule has 2 rings (SSSR count). The van der Waals surface area contributed by atoms with E-state index in [2.05, 4.69) is 6.58 Å². The van der Waals surface area contributed by atoms with Crippen molar-refractivity contribution in [3.63, 3.8) is 0 Å². The van der Waals surface area contributed by atoms with Crippen LogP contribution in [0.3, 0.4) is 0 Å². The average Bonchev–Trinajstić information content (AvgIpc) is 2.02. The molecule has 2 heterocycles. The van der Waals surface area contributed by atoms with Crippen LogP contribution in [0.1, 0.15) is 44.9 Å². The van der Waals surface area contributed by atoms with Gasteiger partial charge >= 0.3 is 0 Å². The molecule has 2 saturated heterocycles. The van der Waals surface area contributed by atoms with Crippen LogP contribution in [0, 0.1) is 0 Å². The second kappa shape index (κ2) is 3.10. The first-order valence-corrected chi connectivity index (χ1v) is 5.22. The van der Waals surface area contributed by atoms with Crippen molar-refractivity contribution in [2.24, 2.45) is 0 Å². The van der Waals surface area contributed by atoms with Crippen LogP contribution in [0.4, 0.5) is 0 Å². The molecule has 0 aliphatic carbocycles. The highest BCUT2D eigenvalue weighted by Gasteiger charge is 2.46. The van der Waals surface area contributed by atoms with Crippen LogP contribution in [-0.4, -0.2) is 16.5 Å². The standard InChI is InChI=1S/C11H18O2/c1-2-5-10-6-3-8-11(12,13-10)9-4-7-10/h2,12H,1,3-9H2. The Balaban J connectivity index is 2.14. The molecule has 2 fully saturated rings. The summed E-state index contributed by atoms with van der Waals surface area (Å²) >= 11 is 0. The molecule has 2 aliphatic heterocycles.